The Morgan fingerprint density at radius 3 is 1.75 bits per heavy atom. The van der Waals surface area contributed by atoms with Gasteiger partial charge in [0.15, 0.2) is 5.79 Å². The van der Waals surface area contributed by atoms with Crippen LogP contribution >= 0.6 is 0 Å². The fraction of sp³-hybridized carbons (Fsp3) is 0.656. The van der Waals surface area contributed by atoms with E-state index in [1.807, 2.05) is 24.3 Å². The van der Waals surface area contributed by atoms with E-state index in [4.69, 9.17) is 9.47 Å². The van der Waals surface area contributed by atoms with Crippen LogP contribution in [0.5, 0.6) is 0 Å². The third-order valence-corrected chi connectivity index (χ3v) is 7.03. The molecule has 0 fully saturated rings. The summed E-state index contributed by atoms with van der Waals surface area (Å²) in [5, 5.41) is 9.58. The van der Waals surface area contributed by atoms with Crippen molar-refractivity contribution in [2.75, 3.05) is 13.2 Å². The molecule has 1 N–H and O–H groups in total. The fourth-order valence-corrected chi connectivity index (χ4v) is 4.77. The Bertz CT molecular complexity index is 797. The fourth-order valence-electron chi connectivity index (χ4n) is 4.77. The predicted octanol–water partition coefficient (Wildman–Crippen LogP) is 9.35. The first kappa shape index (κ1) is 30.3. The average Bonchev–Trinajstić information content (AvgIpc) is 2.90. The number of carboxylic acid groups (broad SMARTS) is 1. The van der Waals surface area contributed by atoms with Crippen LogP contribution in [-0.4, -0.2) is 30.1 Å². The highest BCUT2D eigenvalue weighted by Crippen LogP contribution is 2.32. The SMILES string of the molecule is CCCCCCCCCCOC1(OCCCCCCCCC)C=CC(c2ccccc2C(=O)O)=CC1. The molecule has 1 atom stereocenters. The van der Waals surface area contributed by atoms with Gasteiger partial charge in [-0.1, -0.05) is 128 Å². The van der Waals surface area contributed by atoms with Crippen LogP contribution in [0.15, 0.2) is 42.5 Å². The molecule has 2 rings (SSSR count). The number of carbonyl (C=O) groups is 1. The number of carboxylic acids is 1. The molecule has 0 saturated carbocycles. The molecule has 0 amide bonds. The first-order valence-electron chi connectivity index (χ1n) is 14.6. The molecule has 0 spiro atoms. The van der Waals surface area contributed by atoms with Gasteiger partial charge in [0.2, 0.25) is 0 Å². The van der Waals surface area contributed by atoms with Gasteiger partial charge in [-0.2, -0.15) is 0 Å². The van der Waals surface area contributed by atoms with Gasteiger partial charge < -0.3 is 14.6 Å². The average molecular weight is 499 g/mol. The minimum Gasteiger partial charge on any atom is -0.478 e. The van der Waals surface area contributed by atoms with Gasteiger partial charge in [0, 0.05) is 6.42 Å². The largest absolute Gasteiger partial charge is 0.478 e. The van der Waals surface area contributed by atoms with Crippen LogP contribution in [0.25, 0.3) is 5.57 Å². The second-order valence-electron chi connectivity index (χ2n) is 10.2. The maximum atomic E-state index is 11.7. The lowest BCUT2D eigenvalue weighted by Gasteiger charge is -2.33. The number of rotatable bonds is 21. The number of aromatic carboxylic acids is 1. The summed E-state index contributed by atoms with van der Waals surface area (Å²) < 4.78 is 12.7. The van der Waals surface area contributed by atoms with E-state index in [1.165, 1.54) is 83.5 Å². The Morgan fingerprint density at radius 1 is 0.778 bits per heavy atom. The van der Waals surface area contributed by atoms with E-state index >= 15 is 0 Å². The van der Waals surface area contributed by atoms with Crippen molar-refractivity contribution in [3.63, 3.8) is 0 Å². The molecule has 1 aliphatic carbocycles. The quantitative estimate of drug-likeness (QED) is 0.135. The lowest BCUT2D eigenvalue weighted by molar-refractivity contribution is -0.203. The molecule has 0 bridgehead atoms. The van der Waals surface area contributed by atoms with E-state index in [2.05, 4.69) is 19.9 Å². The van der Waals surface area contributed by atoms with Gasteiger partial charge in [-0.15, -0.1) is 0 Å². The number of hydrogen-bond acceptors (Lipinski definition) is 3. The molecule has 0 heterocycles. The smallest absolute Gasteiger partial charge is 0.336 e. The molecule has 4 nitrogen and oxygen atoms in total. The van der Waals surface area contributed by atoms with Gasteiger partial charge >= 0.3 is 5.97 Å². The standard InChI is InChI=1S/C32H50O4/c1-3-5-7-9-11-13-15-19-27-36-32(35-26-18-14-12-10-8-6-4-2)24-22-28(23-25-32)29-20-16-17-21-30(29)31(33)34/h16-17,20-24H,3-15,18-19,25-27H2,1-2H3,(H,33,34). The molecule has 202 valence electrons. The van der Waals surface area contributed by atoms with E-state index in [0.29, 0.717) is 25.2 Å². The van der Waals surface area contributed by atoms with Crippen molar-refractivity contribution in [3.8, 4) is 0 Å². The van der Waals surface area contributed by atoms with Crippen molar-refractivity contribution in [1.82, 2.24) is 0 Å². The maximum absolute atomic E-state index is 11.7. The van der Waals surface area contributed by atoms with Crippen LogP contribution in [0.4, 0.5) is 0 Å². The Hall–Kier alpha value is -1.91. The summed E-state index contributed by atoms with van der Waals surface area (Å²) >= 11 is 0. The zero-order valence-electron chi connectivity index (χ0n) is 22.9. The zero-order valence-corrected chi connectivity index (χ0v) is 22.9. The first-order valence-corrected chi connectivity index (χ1v) is 14.6. The predicted molar refractivity (Wildman–Crippen MR) is 150 cm³/mol. The van der Waals surface area contributed by atoms with Gasteiger partial charge in [0.25, 0.3) is 0 Å². The summed E-state index contributed by atoms with van der Waals surface area (Å²) in [7, 11) is 0. The topological polar surface area (TPSA) is 55.8 Å². The highest BCUT2D eigenvalue weighted by molar-refractivity contribution is 5.95. The summed E-state index contributed by atoms with van der Waals surface area (Å²) in [6.45, 7) is 5.87. The second kappa shape index (κ2) is 18.4. The van der Waals surface area contributed by atoms with Crippen LogP contribution in [0.1, 0.15) is 133 Å². The molecule has 4 heteroatoms. The number of allylic oxidation sites excluding steroid dienone is 2. The van der Waals surface area contributed by atoms with Crippen LogP contribution < -0.4 is 0 Å². The van der Waals surface area contributed by atoms with Crippen LogP contribution in [0.3, 0.4) is 0 Å². The van der Waals surface area contributed by atoms with E-state index in [9.17, 15) is 9.90 Å². The summed E-state index contributed by atoms with van der Waals surface area (Å²) in [4.78, 5) is 11.7. The molecule has 0 aromatic heterocycles. The monoisotopic (exact) mass is 498 g/mol. The van der Waals surface area contributed by atoms with Gasteiger partial charge in [0.1, 0.15) is 0 Å². The van der Waals surface area contributed by atoms with Crippen molar-refractivity contribution in [2.45, 2.75) is 122 Å². The highest BCUT2D eigenvalue weighted by atomic mass is 16.7. The molecule has 36 heavy (non-hydrogen) atoms. The number of hydrogen-bond donors (Lipinski definition) is 1. The van der Waals surface area contributed by atoms with E-state index < -0.39 is 11.8 Å². The first-order chi connectivity index (χ1) is 17.6. The van der Waals surface area contributed by atoms with Crippen molar-refractivity contribution in [2.24, 2.45) is 0 Å². The molecule has 1 aromatic rings. The molecule has 0 saturated heterocycles. The minimum absolute atomic E-state index is 0.324. The van der Waals surface area contributed by atoms with Gasteiger partial charge in [0.05, 0.1) is 18.8 Å². The normalized spacial score (nSPS) is 17.3. The van der Waals surface area contributed by atoms with E-state index in [1.54, 1.807) is 12.1 Å². The Labute approximate surface area is 220 Å². The second-order valence-corrected chi connectivity index (χ2v) is 10.2. The zero-order chi connectivity index (χ0) is 25.9. The molecule has 0 radical (unpaired) electrons. The van der Waals surface area contributed by atoms with Crippen molar-refractivity contribution < 1.29 is 19.4 Å². The van der Waals surface area contributed by atoms with Crippen molar-refractivity contribution in [1.29, 1.82) is 0 Å². The molecular weight excluding hydrogens is 448 g/mol. The van der Waals surface area contributed by atoms with E-state index in [-0.39, 0.29) is 0 Å². The van der Waals surface area contributed by atoms with Crippen LogP contribution in [0, 0.1) is 0 Å². The number of ether oxygens (including phenoxy) is 2. The van der Waals surface area contributed by atoms with Crippen LogP contribution in [0.2, 0.25) is 0 Å². The van der Waals surface area contributed by atoms with Crippen molar-refractivity contribution in [3.05, 3.63) is 53.6 Å². The number of benzene rings is 1. The highest BCUT2D eigenvalue weighted by Gasteiger charge is 2.31. The van der Waals surface area contributed by atoms with E-state index in [0.717, 1.165) is 24.0 Å². The lowest BCUT2D eigenvalue weighted by atomic mass is 9.93. The van der Waals surface area contributed by atoms with Crippen LogP contribution in [-0.2, 0) is 9.47 Å². The van der Waals surface area contributed by atoms with Gasteiger partial charge in [-0.3, -0.25) is 0 Å². The van der Waals surface area contributed by atoms with Gasteiger partial charge in [-0.05, 0) is 36.1 Å². The third kappa shape index (κ3) is 11.4. The summed E-state index contributed by atoms with van der Waals surface area (Å²) in [6, 6.07) is 7.17. The molecule has 1 unspecified atom stereocenters. The Kier molecular flexibility index (Phi) is 15.5. The Balaban J connectivity index is 1.87. The van der Waals surface area contributed by atoms with Gasteiger partial charge in [-0.25, -0.2) is 4.79 Å². The summed E-state index contributed by atoms with van der Waals surface area (Å²) in [6.07, 6.45) is 25.5. The molecule has 0 aliphatic heterocycles. The lowest BCUT2D eigenvalue weighted by Crippen LogP contribution is -2.35. The van der Waals surface area contributed by atoms with Crippen molar-refractivity contribution >= 4 is 11.5 Å². The number of unbranched alkanes of at least 4 members (excludes halogenated alkanes) is 13. The molecule has 1 aromatic carbocycles. The minimum atomic E-state index is -0.905. The Morgan fingerprint density at radius 2 is 1.28 bits per heavy atom. The summed E-state index contributed by atoms with van der Waals surface area (Å²) in [5.74, 6) is -1.65. The molecular formula is C32H50O4. The third-order valence-electron chi connectivity index (χ3n) is 7.03. The maximum Gasteiger partial charge on any atom is 0.336 e. The molecule has 1 aliphatic rings. The summed E-state index contributed by atoms with van der Waals surface area (Å²) in [5.41, 5.74) is 1.98.